The second kappa shape index (κ2) is 12.2. The van der Waals surface area contributed by atoms with Gasteiger partial charge in [-0.25, -0.2) is 0 Å². The van der Waals surface area contributed by atoms with Crippen LogP contribution in [0, 0.1) is 12.3 Å². The third kappa shape index (κ3) is 10.8. The minimum absolute atomic E-state index is 0.0478. The van der Waals surface area contributed by atoms with E-state index in [-0.39, 0.29) is 18.4 Å². The fourth-order valence-corrected chi connectivity index (χ4v) is 1.69. The molecule has 6 nitrogen and oxygen atoms in total. The van der Waals surface area contributed by atoms with Crippen LogP contribution in [-0.4, -0.2) is 47.3 Å². The molecule has 2 amide bonds. The lowest BCUT2D eigenvalue weighted by atomic mass is 10.1. The average Bonchev–Trinajstić information content (AvgIpc) is 2.45. The molecular formula is C15H26N2O4. The topological polar surface area (TPSA) is 98.7 Å². The van der Waals surface area contributed by atoms with Gasteiger partial charge in [0, 0.05) is 25.8 Å². The highest BCUT2D eigenvalue weighted by molar-refractivity contribution is 5.76. The van der Waals surface area contributed by atoms with Gasteiger partial charge in [-0.15, -0.1) is 12.3 Å². The van der Waals surface area contributed by atoms with Crippen LogP contribution in [0.25, 0.3) is 0 Å². The number of carbonyl (C=O) groups excluding carboxylic acids is 2. The van der Waals surface area contributed by atoms with Gasteiger partial charge in [-0.05, 0) is 19.8 Å². The van der Waals surface area contributed by atoms with Crippen LogP contribution in [-0.2, 0) is 9.59 Å². The minimum Gasteiger partial charge on any atom is -0.394 e. The summed E-state index contributed by atoms with van der Waals surface area (Å²) in [7, 11) is 0. The summed E-state index contributed by atoms with van der Waals surface area (Å²) in [5, 5.41) is 23.6. The van der Waals surface area contributed by atoms with Crippen molar-refractivity contribution < 1.29 is 19.8 Å². The second-order valence-corrected chi connectivity index (χ2v) is 4.96. The molecule has 0 rings (SSSR count). The van der Waals surface area contributed by atoms with Gasteiger partial charge < -0.3 is 20.8 Å². The van der Waals surface area contributed by atoms with E-state index in [4.69, 9.17) is 11.5 Å². The van der Waals surface area contributed by atoms with E-state index in [2.05, 4.69) is 16.6 Å². The number of aliphatic hydroxyl groups is 2. The van der Waals surface area contributed by atoms with Crippen LogP contribution < -0.4 is 10.6 Å². The van der Waals surface area contributed by atoms with Crippen molar-refractivity contribution in [3.63, 3.8) is 0 Å². The molecule has 0 aromatic rings. The molecule has 0 aromatic heterocycles. The summed E-state index contributed by atoms with van der Waals surface area (Å²) in [5.41, 5.74) is 0. The SMILES string of the molecule is C#CCCC(=O)NCCCCCC(=O)N[C@H](CO)[C@@H](C)O. The zero-order valence-corrected chi connectivity index (χ0v) is 12.6. The summed E-state index contributed by atoms with van der Waals surface area (Å²) < 4.78 is 0. The smallest absolute Gasteiger partial charge is 0.220 e. The van der Waals surface area contributed by atoms with E-state index in [9.17, 15) is 14.7 Å². The highest BCUT2D eigenvalue weighted by Gasteiger charge is 2.15. The summed E-state index contributed by atoms with van der Waals surface area (Å²) in [6, 6.07) is -0.618. The van der Waals surface area contributed by atoms with Crippen molar-refractivity contribution in [2.45, 2.75) is 57.6 Å². The van der Waals surface area contributed by atoms with Gasteiger partial charge in [0.15, 0.2) is 0 Å². The maximum atomic E-state index is 11.6. The highest BCUT2D eigenvalue weighted by Crippen LogP contribution is 2.01. The predicted octanol–water partition coefficient (Wildman–Crippen LogP) is -0.0657. The Morgan fingerprint density at radius 1 is 1.19 bits per heavy atom. The van der Waals surface area contributed by atoms with E-state index >= 15 is 0 Å². The summed E-state index contributed by atoms with van der Waals surface area (Å²) in [4.78, 5) is 22.8. The molecule has 0 saturated carbocycles. The summed E-state index contributed by atoms with van der Waals surface area (Å²) in [6.45, 7) is 1.81. The predicted molar refractivity (Wildman–Crippen MR) is 80.2 cm³/mol. The van der Waals surface area contributed by atoms with Crippen molar-refractivity contribution in [2.24, 2.45) is 0 Å². The lowest BCUT2D eigenvalue weighted by Crippen LogP contribution is -2.44. The van der Waals surface area contributed by atoms with Crippen LogP contribution in [0.2, 0.25) is 0 Å². The number of carbonyl (C=O) groups is 2. The van der Waals surface area contributed by atoms with Crippen LogP contribution in [0.3, 0.4) is 0 Å². The number of rotatable bonds is 11. The molecule has 0 spiro atoms. The maximum Gasteiger partial charge on any atom is 0.220 e. The Balaban J connectivity index is 3.56. The van der Waals surface area contributed by atoms with Crippen LogP contribution in [0.15, 0.2) is 0 Å². The molecule has 6 heteroatoms. The number of hydrogen-bond acceptors (Lipinski definition) is 4. The van der Waals surface area contributed by atoms with Gasteiger partial charge in [-0.1, -0.05) is 6.42 Å². The second-order valence-electron chi connectivity index (χ2n) is 4.96. The van der Waals surface area contributed by atoms with Crippen molar-refractivity contribution in [3.8, 4) is 12.3 Å². The number of hydrogen-bond donors (Lipinski definition) is 4. The number of aliphatic hydroxyl groups excluding tert-OH is 2. The van der Waals surface area contributed by atoms with Crippen LogP contribution in [0.1, 0.15) is 45.4 Å². The van der Waals surface area contributed by atoms with E-state index in [1.165, 1.54) is 6.92 Å². The molecule has 0 unspecified atom stereocenters. The maximum absolute atomic E-state index is 11.6. The molecule has 120 valence electrons. The van der Waals surface area contributed by atoms with Crippen LogP contribution >= 0.6 is 0 Å². The van der Waals surface area contributed by atoms with E-state index in [1.54, 1.807) is 0 Å². The Morgan fingerprint density at radius 2 is 1.90 bits per heavy atom. The number of amides is 2. The van der Waals surface area contributed by atoms with Gasteiger partial charge in [-0.3, -0.25) is 9.59 Å². The summed E-state index contributed by atoms with van der Waals surface area (Å²) in [5.74, 6) is 2.17. The molecule has 0 bridgehead atoms. The van der Waals surface area contributed by atoms with Gasteiger partial charge in [0.1, 0.15) is 0 Å². The molecule has 2 atom stereocenters. The molecule has 0 aliphatic heterocycles. The fraction of sp³-hybridized carbons (Fsp3) is 0.733. The highest BCUT2D eigenvalue weighted by atomic mass is 16.3. The van der Waals surface area contributed by atoms with Crippen molar-refractivity contribution in [3.05, 3.63) is 0 Å². The Labute approximate surface area is 126 Å². The van der Waals surface area contributed by atoms with Crippen LogP contribution in [0.4, 0.5) is 0 Å². The average molecular weight is 298 g/mol. The zero-order chi connectivity index (χ0) is 16.1. The Bertz CT molecular complexity index is 350. The van der Waals surface area contributed by atoms with Gasteiger partial charge in [0.25, 0.3) is 0 Å². The van der Waals surface area contributed by atoms with Crippen molar-refractivity contribution in [2.75, 3.05) is 13.2 Å². The molecule has 0 saturated heterocycles. The third-order valence-corrected chi connectivity index (χ3v) is 3.02. The summed E-state index contributed by atoms with van der Waals surface area (Å²) >= 11 is 0. The van der Waals surface area contributed by atoms with Gasteiger partial charge >= 0.3 is 0 Å². The first-order chi connectivity index (χ1) is 10.0. The minimum atomic E-state index is -0.780. The van der Waals surface area contributed by atoms with Crippen molar-refractivity contribution in [1.82, 2.24) is 10.6 Å². The molecule has 0 aliphatic carbocycles. The lowest BCUT2D eigenvalue weighted by Gasteiger charge is -2.18. The number of nitrogens with one attached hydrogen (secondary N) is 2. The monoisotopic (exact) mass is 298 g/mol. The standard InChI is InChI=1S/C15H26N2O4/c1-3-4-8-14(20)16-10-7-5-6-9-15(21)17-13(11-18)12(2)19/h1,12-13,18-19H,4-11H2,2H3,(H,16,20)(H,17,21)/t12-,13-/m1/s1. The number of unbranched alkanes of at least 4 members (excludes halogenated alkanes) is 2. The molecular weight excluding hydrogens is 272 g/mol. The van der Waals surface area contributed by atoms with Gasteiger partial charge in [0.05, 0.1) is 18.8 Å². The Hall–Kier alpha value is -1.58. The van der Waals surface area contributed by atoms with Crippen molar-refractivity contribution in [1.29, 1.82) is 0 Å². The van der Waals surface area contributed by atoms with E-state index in [1.807, 2.05) is 0 Å². The van der Waals surface area contributed by atoms with E-state index < -0.39 is 12.1 Å². The van der Waals surface area contributed by atoms with E-state index in [0.717, 1.165) is 12.8 Å². The van der Waals surface area contributed by atoms with E-state index in [0.29, 0.717) is 32.2 Å². The lowest BCUT2D eigenvalue weighted by molar-refractivity contribution is -0.123. The first-order valence-electron chi connectivity index (χ1n) is 7.29. The first-order valence-corrected chi connectivity index (χ1v) is 7.29. The molecule has 0 radical (unpaired) electrons. The molecule has 21 heavy (non-hydrogen) atoms. The largest absolute Gasteiger partial charge is 0.394 e. The fourth-order valence-electron chi connectivity index (χ4n) is 1.69. The van der Waals surface area contributed by atoms with Gasteiger partial charge in [-0.2, -0.15) is 0 Å². The Morgan fingerprint density at radius 3 is 2.48 bits per heavy atom. The molecule has 4 N–H and O–H groups in total. The molecule has 0 aliphatic rings. The number of terminal acetylenes is 1. The molecule has 0 fully saturated rings. The quantitative estimate of drug-likeness (QED) is 0.317. The molecule has 0 aromatic carbocycles. The summed E-state index contributed by atoms with van der Waals surface area (Å²) in [6.07, 6.45) is 7.74. The zero-order valence-electron chi connectivity index (χ0n) is 12.6. The molecule has 0 heterocycles. The first kappa shape index (κ1) is 19.4. The van der Waals surface area contributed by atoms with Crippen LogP contribution in [0.5, 0.6) is 0 Å². The third-order valence-electron chi connectivity index (χ3n) is 3.02. The normalized spacial score (nSPS) is 13.0. The Kier molecular flexibility index (Phi) is 11.3. The van der Waals surface area contributed by atoms with Gasteiger partial charge in [0.2, 0.25) is 11.8 Å². The van der Waals surface area contributed by atoms with Crippen molar-refractivity contribution >= 4 is 11.8 Å².